The summed E-state index contributed by atoms with van der Waals surface area (Å²) in [4.78, 5) is 12.8. The molecule has 0 unspecified atom stereocenters. The third-order valence-electron chi connectivity index (χ3n) is 4.71. The van der Waals surface area contributed by atoms with Gasteiger partial charge in [0.25, 0.3) is 0 Å². The summed E-state index contributed by atoms with van der Waals surface area (Å²) in [5.74, 6) is -0.472. The molecule has 3 rings (SSSR count). The standard InChI is InChI=1S/C17H13F2NO.C6H14O.C2H6/c18-14-6-7-16(19)15(9-14)13-8-17(20(10-13)11-21)12-4-2-1-3-5-12;1-3-4-6(2)5-7;1-2/h1-9,11,17H,10H2;6-7H,3-5H2,1-2H3;1-2H3/t17-;6-;/m00./s1. The smallest absolute Gasteiger partial charge is 0.210 e. The van der Waals surface area contributed by atoms with E-state index in [0.29, 0.717) is 18.1 Å². The molecule has 2 aromatic rings. The lowest BCUT2D eigenvalue weighted by atomic mass is 10.0. The Labute approximate surface area is 179 Å². The average molecular weight is 418 g/mol. The number of halogens is 2. The van der Waals surface area contributed by atoms with Crippen molar-refractivity contribution >= 4 is 12.0 Å². The fourth-order valence-electron chi connectivity index (χ4n) is 3.18. The highest BCUT2D eigenvalue weighted by atomic mass is 19.1. The fraction of sp³-hybridized carbons (Fsp3) is 0.400. The van der Waals surface area contributed by atoms with Crippen LogP contribution >= 0.6 is 0 Å². The van der Waals surface area contributed by atoms with Gasteiger partial charge in [0, 0.05) is 18.7 Å². The third kappa shape index (κ3) is 7.38. The van der Waals surface area contributed by atoms with Crippen LogP contribution in [0.3, 0.4) is 0 Å². The van der Waals surface area contributed by atoms with Crippen LogP contribution < -0.4 is 0 Å². The second kappa shape index (κ2) is 13.6. The van der Waals surface area contributed by atoms with Gasteiger partial charge in [-0.15, -0.1) is 0 Å². The van der Waals surface area contributed by atoms with E-state index >= 15 is 0 Å². The van der Waals surface area contributed by atoms with Crippen molar-refractivity contribution in [3.8, 4) is 0 Å². The predicted molar refractivity (Wildman–Crippen MR) is 119 cm³/mol. The maximum Gasteiger partial charge on any atom is 0.210 e. The van der Waals surface area contributed by atoms with Gasteiger partial charge in [0.15, 0.2) is 0 Å². The minimum atomic E-state index is -0.492. The van der Waals surface area contributed by atoms with Crippen LogP contribution in [0.4, 0.5) is 8.78 Å². The van der Waals surface area contributed by atoms with Gasteiger partial charge in [-0.25, -0.2) is 8.78 Å². The number of benzene rings is 2. The van der Waals surface area contributed by atoms with Crippen molar-refractivity contribution in [2.45, 2.75) is 46.6 Å². The number of aliphatic hydroxyl groups is 1. The minimum absolute atomic E-state index is 0.209. The molecule has 0 bridgehead atoms. The lowest BCUT2D eigenvalue weighted by Gasteiger charge is -2.19. The summed E-state index contributed by atoms with van der Waals surface area (Å²) < 4.78 is 27.2. The molecule has 0 fully saturated rings. The van der Waals surface area contributed by atoms with Gasteiger partial charge in [0.1, 0.15) is 11.6 Å². The molecule has 1 N–H and O–H groups in total. The van der Waals surface area contributed by atoms with Crippen molar-refractivity contribution in [1.29, 1.82) is 0 Å². The molecule has 0 saturated carbocycles. The molecular weight excluding hydrogens is 384 g/mol. The molecule has 1 aliphatic heterocycles. The maximum atomic E-state index is 13.9. The molecule has 1 amide bonds. The topological polar surface area (TPSA) is 40.5 Å². The molecule has 0 aliphatic carbocycles. The van der Waals surface area contributed by atoms with Crippen LogP contribution in [0.5, 0.6) is 0 Å². The lowest BCUT2D eigenvalue weighted by Crippen LogP contribution is -2.22. The molecule has 1 heterocycles. The Morgan fingerprint density at radius 3 is 2.37 bits per heavy atom. The van der Waals surface area contributed by atoms with Gasteiger partial charge in [0.2, 0.25) is 6.41 Å². The number of carbonyl (C=O) groups excluding carboxylic acids is 1. The molecule has 30 heavy (non-hydrogen) atoms. The first kappa shape index (κ1) is 25.5. The van der Waals surface area contributed by atoms with E-state index in [0.717, 1.165) is 36.6 Å². The Morgan fingerprint density at radius 1 is 1.17 bits per heavy atom. The van der Waals surface area contributed by atoms with Gasteiger partial charge in [0.05, 0.1) is 6.04 Å². The first-order valence-corrected chi connectivity index (χ1v) is 10.5. The van der Waals surface area contributed by atoms with Gasteiger partial charge < -0.3 is 10.0 Å². The van der Waals surface area contributed by atoms with Gasteiger partial charge in [-0.05, 0) is 41.7 Å². The second-order valence-corrected chi connectivity index (χ2v) is 7.03. The SMILES string of the molecule is CC.CCC[C@H](C)CO.O=CN1CC(c2cc(F)ccc2F)=C[C@H]1c1ccccc1. The summed E-state index contributed by atoms with van der Waals surface area (Å²) in [7, 11) is 0. The Balaban J connectivity index is 0.000000428. The van der Waals surface area contributed by atoms with Crippen LogP contribution in [0.15, 0.2) is 54.6 Å². The van der Waals surface area contributed by atoms with E-state index in [-0.39, 0.29) is 18.2 Å². The third-order valence-corrected chi connectivity index (χ3v) is 4.71. The summed E-state index contributed by atoms with van der Waals surface area (Å²) in [5.41, 5.74) is 1.77. The molecule has 3 nitrogen and oxygen atoms in total. The Morgan fingerprint density at radius 2 is 1.83 bits per heavy atom. The zero-order valence-corrected chi connectivity index (χ0v) is 18.3. The van der Waals surface area contributed by atoms with Gasteiger partial charge >= 0.3 is 0 Å². The summed E-state index contributed by atoms with van der Waals surface area (Å²) in [5, 5.41) is 8.47. The molecule has 0 saturated heterocycles. The molecule has 1 aliphatic rings. The van der Waals surface area contributed by atoms with Crippen LogP contribution in [0, 0.1) is 17.6 Å². The zero-order valence-electron chi connectivity index (χ0n) is 18.3. The molecule has 0 radical (unpaired) electrons. The highest BCUT2D eigenvalue weighted by Crippen LogP contribution is 2.34. The minimum Gasteiger partial charge on any atom is -0.396 e. The maximum absolute atomic E-state index is 13.9. The average Bonchev–Trinajstić information content (AvgIpc) is 3.22. The van der Waals surface area contributed by atoms with Crippen molar-refractivity contribution in [2.24, 2.45) is 5.92 Å². The van der Waals surface area contributed by atoms with Crippen LogP contribution in [0.2, 0.25) is 0 Å². The molecule has 5 heteroatoms. The van der Waals surface area contributed by atoms with E-state index in [9.17, 15) is 13.6 Å². The molecule has 2 atom stereocenters. The molecular formula is C25H33F2NO2. The van der Waals surface area contributed by atoms with Crippen molar-refractivity contribution in [1.82, 2.24) is 4.90 Å². The van der Waals surface area contributed by atoms with E-state index in [1.165, 1.54) is 6.42 Å². The van der Waals surface area contributed by atoms with Crippen LogP contribution in [0.1, 0.15) is 57.7 Å². The van der Waals surface area contributed by atoms with E-state index in [2.05, 4.69) is 13.8 Å². The Bertz CT molecular complexity index is 793. The summed E-state index contributed by atoms with van der Waals surface area (Å²) in [6.45, 7) is 8.80. The van der Waals surface area contributed by atoms with Crippen LogP contribution in [0.25, 0.3) is 5.57 Å². The van der Waals surface area contributed by atoms with Crippen molar-refractivity contribution in [3.63, 3.8) is 0 Å². The summed E-state index contributed by atoms with van der Waals surface area (Å²) in [6.07, 6.45) is 4.87. The first-order chi connectivity index (χ1) is 14.5. The fourth-order valence-corrected chi connectivity index (χ4v) is 3.18. The molecule has 2 aromatic carbocycles. The van der Waals surface area contributed by atoms with Crippen molar-refractivity contribution in [3.05, 3.63) is 77.4 Å². The summed E-state index contributed by atoms with van der Waals surface area (Å²) >= 11 is 0. The van der Waals surface area contributed by atoms with Crippen molar-refractivity contribution < 1.29 is 18.7 Å². The van der Waals surface area contributed by atoms with E-state index < -0.39 is 11.6 Å². The number of rotatable bonds is 6. The predicted octanol–water partition coefficient (Wildman–Crippen LogP) is 6.00. The second-order valence-electron chi connectivity index (χ2n) is 7.03. The van der Waals surface area contributed by atoms with Crippen molar-refractivity contribution in [2.75, 3.05) is 13.2 Å². The largest absolute Gasteiger partial charge is 0.396 e. The van der Waals surface area contributed by atoms with Crippen LogP contribution in [-0.2, 0) is 4.79 Å². The number of hydrogen-bond donors (Lipinski definition) is 1. The highest BCUT2D eigenvalue weighted by molar-refractivity contribution is 5.74. The monoisotopic (exact) mass is 417 g/mol. The number of amides is 1. The normalized spacial score (nSPS) is 15.9. The zero-order chi connectivity index (χ0) is 22.5. The number of nitrogens with zero attached hydrogens (tertiary/aromatic N) is 1. The van der Waals surface area contributed by atoms with E-state index in [4.69, 9.17) is 5.11 Å². The molecule has 0 spiro atoms. The quantitative estimate of drug-likeness (QED) is 0.586. The van der Waals surface area contributed by atoms with Gasteiger partial charge in [-0.1, -0.05) is 70.5 Å². The first-order valence-electron chi connectivity index (χ1n) is 10.5. The van der Waals surface area contributed by atoms with Gasteiger partial charge in [-0.2, -0.15) is 0 Å². The lowest BCUT2D eigenvalue weighted by molar-refractivity contribution is -0.118. The highest BCUT2D eigenvalue weighted by Gasteiger charge is 2.26. The van der Waals surface area contributed by atoms with E-state index in [1.54, 1.807) is 4.90 Å². The number of carbonyl (C=O) groups is 1. The molecule has 0 aromatic heterocycles. The Hall–Kier alpha value is -2.53. The Kier molecular flexibility index (Phi) is 11.6. The number of hydrogen-bond acceptors (Lipinski definition) is 2. The van der Waals surface area contributed by atoms with E-state index in [1.807, 2.05) is 50.3 Å². The van der Waals surface area contributed by atoms with Gasteiger partial charge in [-0.3, -0.25) is 4.79 Å². The number of aliphatic hydroxyl groups excluding tert-OH is 1. The molecule has 164 valence electrons. The summed E-state index contributed by atoms with van der Waals surface area (Å²) in [6, 6.07) is 12.6. The van der Waals surface area contributed by atoms with Crippen LogP contribution in [-0.4, -0.2) is 29.6 Å².